The molecule has 0 bridgehead atoms. The molecule has 4 heteroatoms. The van der Waals surface area contributed by atoms with Gasteiger partial charge in [0.1, 0.15) is 0 Å². The Morgan fingerprint density at radius 1 is 1.41 bits per heavy atom. The fourth-order valence-electron chi connectivity index (χ4n) is 1.55. The van der Waals surface area contributed by atoms with Crippen molar-refractivity contribution in [2.45, 2.75) is 39.2 Å². The van der Waals surface area contributed by atoms with E-state index in [0.29, 0.717) is 11.3 Å². The molecule has 0 spiro atoms. The first-order valence-corrected chi connectivity index (χ1v) is 7.15. The second kappa shape index (κ2) is 9.79. The molecule has 1 aromatic rings. The lowest BCUT2D eigenvalue weighted by molar-refractivity contribution is 0.0602. The van der Waals surface area contributed by atoms with Gasteiger partial charge in [-0.2, -0.15) is 0 Å². The van der Waals surface area contributed by atoms with E-state index in [9.17, 15) is 9.90 Å². The molecular formula is C18H27NO3. The number of hydrogen-bond donors (Lipinski definition) is 2. The van der Waals surface area contributed by atoms with Crippen molar-refractivity contribution in [1.29, 1.82) is 0 Å². The van der Waals surface area contributed by atoms with Gasteiger partial charge in [0, 0.05) is 5.69 Å². The number of para-hydroxylation sites is 1. The Balaban J connectivity index is 0.000000401. The molecule has 3 N–H and O–H groups in total. The van der Waals surface area contributed by atoms with E-state index in [1.807, 2.05) is 0 Å². The van der Waals surface area contributed by atoms with Crippen LogP contribution in [0.15, 0.2) is 48.6 Å². The van der Waals surface area contributed by atoms with Gasteiger partial charge in [0.15, 0.2) is 0 Å². The number of rotatable bonds is 5. The number of ether oxygens (including phenoxy) is 1. The monoisotopic (exact) mass is 305 g/mol. The Labute approximate surface area is 133 Å². The average molecular weight is 305 g/mol. The number of esters is 1. The number of carbonyl (C=O) groups is 1. The highest BCUT2D eigenvalue weighted by molar-refractivity contribution is 5.94. The van der Waals surface area contributed by atoms with Gasteiger partial charge in [0.2, 0.25) is 0 Å². The van der Waals surface area contributed by atoms with Gasteiger partial charge in [0.25, 0.3) is 0 Å². The predicted octanol–water partition coefficient (Wildman–Crippen LogP) is 3.73. The number of nitrogen functional groups attached to an aromatic ring is 1. The van der Waals surface area contributed by atoms with E-state index in [0.717, 1.165) is 12.8 Å². The zero-order chi connectivity index (χ0) is 17.2. The molecule has 1 rings (SSSR count). The van der Waals surface area contributed by atoms with Crippen molar-refractivity contribution in [2.75, 3.05) is 12.8 Å². The summed E-state index contributed by atoms with van der Waals surface area (Å²) in [6.07, 6.45) is 5.38. The van der Waals surface area contributed by atoms with Crippen LogP contribution in [0, 0.1) is 0 Å². The van der Waals surface area contributed by atoms with Crippen LogP contribution in [-0.4, -0.2) is 23.8 Å². The summed E-state index contributed by atoms with van der Waals surface area (Å²) >= 11 is 0. The Morgan fingerprint density at radius 3 is 2.45 bits per heavy atom. The zero-order valence-electron chi connectivity index (χ0n) is 13.9. The van der Waals surface area contributed by atoms with Crippen molar-refractivity contribution in [3.63, 3.8) is 0 Å². The Bertz CT molecular complexity index is 515. The van der Waals surface area contributed by atoms with Gasteiger partial charge in [-0.1, -0.05) is 29.9 Å². The van der Waals surface area contributed by atoms with Crippen molar-refractivity contribution in [3.05, 3.63) is 54.1 Å². The van der Waals surface area contributed by atoms with Crippen molar-refractivity contribution in [1.82, 2.24) is 0 Å². The summed E-state index contributed by atoms with van der Waals surface area (Å²) in [5.74, 6) is -0.400. The number of nitrogens with two attached hydrogens (primary N) is 1. The highest BCUT2D eigenvalue weighted by Crippen LogP contribution is 2.13. The summed E-state index contributed by atoms with van der Waals surface area (Å²) in [6, 6.07) is 6.79. The van der Waals surface area contributed by atoms with Crippen LogP contribution in [0.2, 0.25) is 0 Å². The lowest BCUT2D eigenvalue weighted by atomic mass is 10.00. The molecule has 0 saturated heterocycles. The fraction of sp³-hybridized carbons (Fsp3) is 0.389. The average Bonchev–Trinajstić information content (AvgIpc) is 2.47. The van der Waals surface area contributed by atoms with Crippen molar-refractivity contribution < 1.29 is 14.6 Å². The minimum atomic E-state index is -0.702. The smallest absolute Gasteiger partial charge is 0.339 e. The van der Waals surface area contributed by atoms with Crippen LogP contribution in [-0.2, 0) is 4.74 Å². The zero-order valence-corrected chi connectivity index (χ0v) is 13.9. The van der Waals surface area contributed by atoms with Crippen LogP contribution >= 0.6 is 0 Å². The Hall–Kier alpha value is -2.07. The van der Waals surface area contributed by atoms with Gasteiger partial charge in [0.05, 0.1) is 18.3 Å². The summed E-state index contributed by atoms with van der Waals surface area (Å²) in [5, 5.41) is 9.49. The summed E-state index contributed by atoms with van der Waals surface area (Å²) in [4.78, 5) is 10.9. The molecular weight excluding hydrogens is 278 g/mol. The molecule has 0 aliphatic carbocycles. The van der Waals surface area contributed by atoms with Crippen molar-refractivity contribution in [2.24, 2.45) is 0 Å². The van der Waals surface area contributed by atoms with E-state index in [2.05, 4.69) is 31.2 Å². The van der Waals surface area contributed by atoms with E-state index in [4.69, 9.17) is 5.73 Å². The maximum absolute atomic E-state index is 10.9. The first-order chi connectivity index (χ1) is 10.2. The molecule has 1 atom stereocenters. The second-order valence-corrected chi connectivity index (χ2v) is 5.46. The van der Waals surface area contributed by atoms with Gasteiger partial charge in [-0.3, -0.25) is 0 Å². The Morgan fingerprint density at radius 2 is 2.00 bits per heavy atom. The molecule has 0 radical (unpaired) electrons. The molecule has 1 aromatic carbocycles. The third-order valence-electron chi connectivity index (χ3n) is 3.01. The summed E-state index contributed by atoms with van der Waals surface area (Å²) < 4.78 is 4.50. The van der Waals surface area contributed by atoms with Gasteiger partial charge in [-0.15, -0.1) is 6.58 Å². The number of benzene rings is 1. The van der Waals surface area contributed by atoms with E-state index in [1.165, 1.54) is 12.7 Å². The SMILES string of the molecule is C=CC(C)(O)CCC=C(C)C.COC(=O)c1ccccc1N. The largest absolute Gasteiger partial charge is 0.465 e. The summed E-state index contributed by atoms with van der Waals surface area (Å²) in [5.41, 5.74) is 6.95. The quantitative estimate of drug-likeness (QED) is 0.494. The molecule has 22 heavy (non-hydrogen) atoms. The van der Waals surface area contributed by atoms with Crippen LogP contribution in [0.4, 0.5) is 5.69 Å². The fourth-order valence-corrected chi connectivity index (χ4v) is 1.55. The first kappa shape index (κ1) is 19.9. The molecule has 1 unspecified atom stereocenters. The molecule has 122 valence electrons. The first-order valence-electron chi connectivity index (χ1n) is 7.15. The highest BCUT2D eigenvalue weighted by atomic mass is 16.5. The molecule has 0 fully saturated rings. The topological polar surface area (TPSA) is 72.5 Å². The predicted molar refractivity (Wildman–Crippen MR) is 91.7 cm³/mol. The van der Waals surface area contributed by atoms with E-state index in [-0.39, 0.29) is 0 Å². The van der Waals surface area contributed by atoms with Gasteiger partial charge in [-0.05, 0) is 45.7 Å². The molecule has 0 saturated carbocycles. The second-order valence-electron chi connectivity index (χ2n) is 5.46. The molecule has 0 aromatic heterocycles. The molecule has 0 aliphatic heterocycles. The van der Waals surface area contributed by atoms with Crippen LogP contribution in [0.5, 0.6) is 0 Å². The summed E-state index contributed by atoms with van der Waals surface area (Å²) in [7, 11) is 1.33. The van der Waals surface area contributed by atoms with Crippen LogP contribution < -0.4 is 5.73 Å². The molecule has 0 aliphatic rings. The third-order valence-corrected chi connectivity index (χ3v) is 3.01. The van der Waals surface area contributed by atoms with E-state index in [1.54, 1.807) is 37.3 Å². The number of carbonyl (C=O) groups excluding carboxylic acids is 1. The lowest BCUT2D eigenvalue weighted by Crippen LogP contribution is -2.19. The number of allylic oxidation sites excluding steroid dienone is 2. The minimum Gasteiger partial charge on any atom is -0.465 e. The van der Waals surface area contributed by atoms with Gasteiger partial charge >= 0.3 is 5.97 Å². The Kier molecular flexibility index (Phi) is 8.87. The van der Waals surface area contributed by atoms with Crippen LogP contribution in [0.3, 0.4) is 0 Å². The molecule has 4 nitrogen and oxygen atoms in total. The number of hydrogen-bond acceptors (Lipinski definition) is 4. The van der Waals surface area contributed by atoms with Gasteiger partial charge in [-0.25, -0.2) is 4.79 Å². The van der Waals surface area contributed by atoms with Crippen LogP contribution in [0.1, 0.15) is 44.0 Å². The van der Waals surface area contributed by atoms with Crippen molar-refractivity contribution >= 4 is 11.7 Å². The number of methoxy groups -OCH3 is 1. The van der Waals surface area contributed by atoms with E-state index >= 15 is 0 Å². The molecule has 0 heterocycles. The maximum Gasteiger partial charge on any atom is 0.339 e. The number of anilines is 1. The maximum atomic E-state index is 10.9. The van der Waals surface area contributed by atoms with E-state index < -0.39 is 11.6 Å². The minimum absolute atomic E-state index is 0.400. The molecule has 0 amide bonds. The standard InChI is InChI=1S/C10H18O.C8H9NO2/c1-5-10(4,11)8-6-7-9(2)3;1-11-8(10)6-4-2-3-5-7(6)9/h5,7,11H,1,6,8H2,2-4H3;2-5H,9H2,1H3. The third kappa shape index (κ3) is 8.27. The van der Waals surface area contributed by atoms with Gasteiger partial charge < -0.3 is 15.6 Å². The van der Waals surface area contributed by atoms with Crippen molar-refractivity contribution in [3.8, 4) is 0 Å². The number of aliphatic hydroxyl groups is 1. The summed E-state index contributed by atoms with van der Waals surface area (Å²) in [6.45, 7) is 9.45. The lowest BCUT2D eigenvalue weighted by Gasteiger charge is -2.16. The highest BCUT2D eigenvalue weighted by Gasteiger charge is 2.12. The normalized spacial score (nSPS) is 12.2. The van der Waals surface area contributed by atoms with Crippen LogP contribution in [0.25, 0.3) is 0 Å².